The second-order valence-corrected chi connectivity index (χ2v) is 2.52. The van der Waals surface area contributed by atoms with Gasteiger partial charge in [-0.2, -0.15) is 5.10 Å². The predicted molar refractivity (Wildman–Crippen MR) is 45.4 cm³/mol. The molecule has 0 atom stereocenters. The molecule has 0 bridgehead atoms. The van der Waals surface area contributed by atoms with Crippen molar-refractivity contribution in [3.05, 3.63) is 35.7 Å². The summed E-state index contributed by atoms with van der Waals surface area (Å²) in [6, 6.07) is 0. The molecule has 0 aliphatic heterocycles. The van der Waals surface area contributed by atoms with Gasteiger partial charge in [0, 0.05) is 18.6 Å². The Labute approximate surface area is 78.4 Å². The van der Waals surface area contributed by atoms with E-state index in [4.69, 9.17) is 0 Å². The molecule has 6 heteroatoms. The van der Waals surface area contributed by atoms with Crippen molar-refractivity contribution in [3.63, 3.8) is 0 Å². The number of H-pyrrole nitrogens is 2. The van der Waals surface area contributed by atoms with Crippen LogP contribution in [0.25, 0.3) is 0 Å². The monoisotopic (exact) mass is 189 g/mol. The van der Waals surface area contributed by atoms with Crippen LogP contribution in [0.2, 0.25) is 0 Å². The van der Waals surface area contributed by atoms with Crippen molar-refractivity contribution < 1.29 is 9.59 Å². The molecule has 2 aromatic heterocycles. The molecule has 0 saturated heterocycles. The molecule has 2 heterocycles. The molecular weight excluding hydrogens is 184 g/mol. The van der Waals surface area contributed by atoms with Crippen molar-refractivity contribution in [1.29, 1.82) is 0 Å². The van der Waals surface area contributed by atoms with E-state index in [-0.39, 0.29) is 22.9 Å². The van der Waals surface area contributed by atoms with Crippen molar-refractivity contribution in [2.45, 2.75) is 0 Å². The van der Waals surface area contributed by atoms with Crippen LogP contribution < -0.4 is 0 Å². The van der Waals surface area contributed by atoms with Crippen LogP contribution in [0.5, 0.6) is 0 Å². The van der Waals surface area contributed by atoms with E-state index in [1.165, 1.54) is 18.6 Å². The van der Waals surface area contributed by atoms with Gasteiger partial charge >= 0.3 is 0 Å². The van der Waals surface area contributed by atoms with E-state index >= 15 is 0 Å². The molecular formula is C8H5N4O2. The highest BCUT2D eigenvalue weighted by atomic mass is 16.1. The van der Waals surface area contributed by atoms with Crippen LogP contribution in [-0.4, -0.2) is 32.2 Å². The normalized spacial score (nSPS) is 10.0. The molecule has 2 N–H and O–H groups in total. The van der Waals surface area contributed by atoms with Gasteiger partial charge in [-0.1, -0.05) is 0 Å². The Morgan fingerprint density at radius 2 is 2.36 bits per heavy atom. The van der Waals surface area contributed by atoms with Gasteiger partial charge in [0.05, 0.1) is 5.56 Å². The fraction of sp³-hybridized carbons (Fsp3) is 0. The number of aromatic amines is 2. The SMILES string of the molecule is O=[C]c1n[nH]cc1C(=O)c1ncc[nH]1. The summed E-state index contributed by atoms with van der Waals surface area (Å²) in [5.74, 6) is -0.218. The van der Waals surface area contributed by atoms with E-state index in [1.807, 2.05) is 0 Å². The van der Waals surface area contributed by atoms with E-state index in [0.29, 0.717) is 0 Å². The lowest BCUT2D eigenvalue weighted by molar-refractivity contribution is 0.103. The van der Waals surface area contributed by atoms with Crippen LogP contribution >= 0.6 is 0 Å². The molecule has 0 aliphatic rings. The summed E-state index contributed by atoms with van der Waals surface area (Å²) in [7, 11) is 0. The summed E-state index contributed by atoms with van der Waals surface area (Å²) in [5, 5.41) is 5.97. The first kappa shape index (κ1) is 8.36. The smallest absolute Gasteiger partial charge is 0.256 e. The number of ketones is 1. The van der Waals surface area contributed by atoms with Gasteiger partial charge in [-0.05, 0) is 0 Å². The van der Waals surface area contributed by atoms with E-state index < -0.39 is 0 Å². The minimum Gasteiger partial charge on any atom is -0.342 e. The standard InChI is InChI=1S/C8H5N4O2/c13-4-6-5(3-11-12-6)7(14)8-9-1-2-10-8/h1-3H,(H,9,10)(H,11,12). The average molecular weight is 189 g/mol. The first-order valence-electron chi connectivity index (χ1n) is 3.79. The lowest BCUT2D eigenvalue weighted by Crippen LogP contribution is -2.05. The maximum absolute atomic E-state index is 11.6. The molecule has 0 amide bonds. The quantitative estimate of drug-likeness (QED) is 0.655. The Hall–Kier alpha value is -2.24. The number of carbonyl (C=O) groups is 1. The van der Waals surface area contributed by atoms with Gasteiger partial charge in [0.2, 0.25) is 5.78 Å². The van der Waals surface area contributed by atoms with Crippen molar-refractivity contribution in [3.8, 4) is 0 Å². The molecule has 0 aromatic carbocycles. The first-order valence-corrected chi connectivity index (χ1v) is 3.79. The summed E-state index contributed by atoms with van der Waals surface area (Å²) >= 11 is 0. The third kappa shape index (κ3) is 1.22. The highest BCUT2D eigenvalue weighted by Gasteiger charge is 2.17. The van der Waals surface area contributed by atoms with Crippen LogP contribution in [0.4, 0.5) is 0 Å². The molecule has 2 aromatic rings. The van der Waals surface area contributed by atoms with Crippen LogP contribution in [0.3, 0.4) is 0 Å². The van der Waals surface area contributed by atoms with Crippen molar-refractivity contribution in [2.75, 3.05) is 0 Å². The zero-order valence-corrected chi connectivity index (χ0v) is 6.94. The maximum Gasteiger partial charge on any atom is 0.256 e. The number of nitrogens with zero attached hydrogens (tertiary/aromatic N) is 2. The fourth-order valence-electron chi connectivity index (χ4n) is 1.06. The van der Waals surface area contributed by atoms with Crippen LogP contribution in [-0.2, 0) is 4.79 Å². The average Bonchev–Trinajstić information content (AvgIpc) is 2.87. The molecule has 1 radical (unpaired) electrons. The van der Waals surface area contributed by atoms with E-state index in [9.17, 15) is 9.59 Å². The number of nitrogens with one attached hydrogen (secondary N) is 2. The van der Waals surface area contributed by atoms with Crippen LogP contribution in [0, 0.1) is 0 Å². The minimum absolute atomic E-state index is 0.0357. The largest absolute Gasteiger partial charge is 0.342 e. The summed E-state index contributed by atoms with van der Waals surface area (Å²) in [4.78, 5) is 28.4. The molecule has 2 rings (SSSR count). The Balaban J connectivity index is 2.41. The van der Waals surface area contributed by atoms with Gasteiger partial charge < -0.3 is 4.98 Å². The summed E-state index contributed by atoms with van der Waals surface area (Å²) in [6.07, 6.45) is 5.88. The number of hydrogen-bond donors (Lipinski definition) is 2. The molecule has 0 aliphatic carbocycles. The van der Waals surface area contributed by atoms with Crippen LogP contribution in [0.15, 0.2) is 18.6 Å². The van der Waals surface area contributed by atoms with Gasteiger partial charge in [0.15, 0.2) is 5.82 Å². The van der Waals surface area contributed by atoms with Crippen molar-refractivity contribution in [1.82, 2.24) is 20.2 Å². The third-order valence-corrected chi connectivity index (χ3v) is 1.69. The molecule has 0 unspecified atom stereocenters. The summed E-state index contributed by atoms with van der Waals surface area (Å²) < 4.78 is 0. The zero-order valence-electron chi connectivity index (χ0n) is 6.94. The van der Waals surface area contributed by atoms with Crippen LogP contribution in [0.1, 0.15) is 21.9 Å². The molecule has 14 heavy (non-hydrogen) atoms. The lowest BCUT2D eigenvalue weighted by atomic mass is 10.1. The number of aromatic nitrogens is 4. The number of imidazole rings is 1. The topological polar surface area (TPSA) is 91.5 Å². The molecule has 0 saturated carbocycles. The molecule has 0 spiro atoms. The Bertz CT molecular complexity index is 457. The number of rotatable bonds is 3. The third-order valence-electron chi connectivity index (χ3n) is 1.69. The van der Waals surface area contributed by atoms with E-state index in [0.717, 1.165) is 0 Å². The molecule has 0 fully saturated rings. The van der Waals surface area contributed by atoms with Crippen molar-refractivity contribution >= 4 is 12.1 Å². The van der Waals surface area contributed by atoms with Gasteiger partial charge in [-0.15, -0.1) is 0 Å². The number of carbonyl (C=O) groups excluding carboxylic acids is 2. The van der Waals surface area contributed by atoms with Gasteiger partial charge in [0.1, 0.15) is 5.69 Å². The second kappa shape index (κ2) is 3.25. The van der Waals surface area contributed by atoms with Gasteiger partial charge in [-0.3, -0.25) is 14.7 Å². The lowest BCUT2D eigenvalue weighted by Gasteiger charge is -1.91. The zero-order chi connectivity index (χ0) is 9.97. The predicted octanol–water partition coefficient (Wildman–Crippen LogP) is -0.178. The summed E-state index contributed by atoms with van der Waals surface area (Å²) in [5.41, 5.74) is 0.126. The highest BCUT2D eigenvalue weighted by molar-refractivity contribution is 6.10. The maximum atomic E-state index is 11.6. The summed E-state index contributed by atoms with van der Waals surface area (Å²) in [6.45, 7) is 0. The Kier molecular flexibility index (Phi) is 1.94. The molecule has 69 valence electrons. The Morgan fingerprint density at radius 3 is 3.00 bits per heavy atom. The Morgan fingerprint density at radius 1 is 1.50 bits per heavy atom. The van der Waals surface area contributed by atoms with Gasteiger partial charge in [0.25, 0.3) is 6.29 Å². The van der Waals surface area contributed by atoms with Gasteiger partial charge in [-0.25, -0.2) is 4.98 Å². The number of hydrogen-bond acceptors (Lipinski definition) is 4. The fourth-order valence-corrected chi connectivity index (χ4v) is 1.06. The van der Waals surface area contributed by atoms with E-state index in [1.54, 1.807) is 6.29 Å². The van der Waals surface area contributed by atoms with Crippen molar-refractivity contribution in [2.24, 2.45) is 0 Å². The minimum atomic E-state index is -0.387. The highest BCUT2D eigenvalue weighted by Crippen LogP contribution is 2.06. The first-order chi connectivity index (χ1) is 6.83. The molecule has 6 nitrogen and oxygen atoms in total. The second-order valence-electron chi connectivity index (χ2n) is 2.52. The van der Waals surface area contributed by atoms with E-state index in [2.05, 4.69) is 20.2 Å².